The molecule has 2 atom stereocenters. The minimum Gasteiger partial charge on any atom is -0.507 e. The molecule has 1 fully saturated rings. The Morgan fingerprint density at radius 1 is 1.26 bits per heavy atom. The van der Waals surface area contributed by atoms with Crippen LogP contribution < -0.4 is 9.64 Å². The first kappa shape index (κ1) is 19.4. The summed E-state index contributed by atoms with van der Waals surface area (Å²) >= 11 is 1.15. The van der Waals surface area contributed by atoms with Gasteiger partial charge in [0.05, 0.1) is 5.57 Å². The van der Waals surface area contributed by atoms with E-state index in [1.54, 1.807) is 29.6 Å². The maximum absolute atomic E-state index is 14.8. The number of amides is 1. The maximum atomic E-state index is 14.8. The van der Waals surface area contributed by atoms with Crippen molar-refractivity contribution in [2.45, 2.75) is 25.5 Å². The zero-order valence-corrected chi connectivity index (χ0v) is 17.2. The van der Waals surface area contributed by atoms with Gasteiger partial charge in [-0.25, -0.2) is 9.37 Å². The molecule has 8 heteroatoms. The Kier molecular flexibility index (Phi) is 4.59. The van der Waals surface area contributed by atoms with Crippen LogP contribution in [0.25, 0.3) is 5.76 Å². The first-order chi connectivity index (χ1) is 15.0. The van der Waals surface area contributed by atoms with Crippen molar-refractivity contribution in [3.05, 3.63) is 82.1 Å². The minimum atomic E-state index is -1.13. The van der Waals surface area contributed by atoms with Gasteiger partial charge in [0.1, 0.15) is 29.5 Å². The SMILES string of the molecule is C[C@H]1Cc2cc(C(O)=C3C(=O)C(=O)N(c4nccs4)[C@@H]3c3ccccc3F)ccc2O1. The molecular weight excluding hydrogens is 419 g/mol. The zero-order valence-electron chi connectivity index (χ0n) is 16.4. The van der Waals surface area contributed by atoms with E-state index in [4.69, 9.17) is 4.74 Å². The average molecular weight is 436 g/mol. The van der Waals surface area contributed by atoms with E-state index in [9.17, 15) is 19.1 Å². The first-order valence-electron chi connectivity index (χ1n) is 9.70. The second-order valence-corrected chi connectivity index (χ2v) is 8.33. The number of thiazole rings is 1. The Bertz CT molecular complexity index is 1240. The van der Waals surface area contributed by atoms with Crippen molar-refractivity contribution < 1.29 is 23.8 Å². The van der Waals surface area contributed by atoms with Gasteiger partial charge < -0.3 is 9.84 Å². The Morgan fingerprint density at radius 3 is 2.81 bits per heavy atom. The molecule has 1 aromatic heterocycles. The van der Waals surface area contributed by atoms with Crippen molar-refractivity contribution in [3.63, 3.8) is 0 Å². The third-order valence-electron chi connectivity index (χ3n) is 5.44. The number of hydrogen-bond donors (Lipinski definition) is 1. The molecule has 1 saturated heterocycles. The van der Waals surface area contributed by atoms with E-state index >= 15 is 0 Å². The van der Waals surface area contributed by atoms with Gasteiger partial charge in [0.2, 0.25) is 0 Å². The van der Waals surface area contributed by atoms with Gasteiger partial charge in [0.15, 0.2) is 5.13 Å². The smallest absolute Gasteiger partial charge is 0.301 e. The standard InChI is InChI=1S/C23H17FN2O4S/c1-12-10-14-11-13(6-7-17(14)30-12)20(27)18-19(15-4-2-3-5-16(15)24)26(22(29)21(18)28)23-25-8-9-31-23/h2-9,11-12,19,27H,10H2,1H3/t12-,19+/m0/s1. The molecule has 5 rings (SSSR count). The predicted molar refractivity (Wildman–Crippen MR) is 114 cm³/mol. The predicted octanol–water partition coefficient (Wildman–Crippen LogP) is 4.23. The maximum Gasteiger partial charge on any atom is 0.301 e. The number of aliphatic hydroxyl groups is 1. The Labute approximate surface area is 181 Å². The molecule has 2 aromatic carbocycles. The zero-order chi connectivity index (χ0) is 21.7. The van der Waals surface area contributed by atoms with Gasteiger partial charge in [-0.3, -0.25) is 14.5 Å². The number of hydrogen-bond acceptors (Lipinski definition) is 6. The van der Waals surface area contributed by atoms with Gasteiger partial charge in [-0.05, 0) is 36.8 Å². The molecule has 0 unspecified atom stereocenters. The summed E-state index contributed by atoms with van der Waals surface area (Å²) in [6.07, 6.45) is 2.18. The van der Waals surface area contributed by atoms with E-state index in [1.807, 2.05) is 6.92 Å². The monoisotopic (exact) mass is 436 g/mol. The first-order valence-corrected chi connectivity index (χ1v) is 10.6. The normalized spacial score (nSPS) is 21.9. The molecule has 0 aliphatic carbocycles. The third kappa shape index (κ3) is 3.11. The van der Waals surface area contributed by atoms with Crippen molar-refractivity contribution in [2.75, 3.05) is 4.90 Å². The summed E-state index contributed by atoms with van der Waals surface area (Å²) in [5.74, 6) is -1.96. The topological polar surface area (TPSA) is 79.7 Å². The van der Waals surface area contributed by atoms with Crippen LogP contribution in [0.4, 0.5) is 9.52 Å². The van der Waals surface area contributed by atoms with Crippen LogP contribution in [-0.4, -0.2) is 27.9 Å². The molecule has 3 aromatic rings. The largest absolute Gasteiger partial charge is 0.507 e. The summed E-state index contributed by atoms with van der Waals surface area (Å²) in [5, 5.41) is 13.1. The fourth-order valence-electron chi connectivity index (χ4n) is 4.08. The molecule has 3 heterocycles. The lowest BCUT2D eigenvalue weighted by Crippen LogP contribution is -2.29. The average Bonchev–Trinajstić information content (AvgIpc) is 3.46. The van der Waals surface area contributed by atoms with E-state index < -0.39 is 23.5 Å². The van der Waals surface area contributed by atoms with Crippen molar-refractivity contribution in [2.24, 2.45) is 0 Å². The van der Waals surface area contributed by atoms with Gasteiger partial charge in [0, 0.05) is 29.1 Å². The highest BCUT2D eigenvalue weighted by Crippen LogP contribution is 2.44. The highest BCUT2D eigenvalue weighted by atomic mass is 32.1. The molecular formula is C23H17FN2O4S. The minimum absolute atomic E-state index is 0.0151. The number of ether oxygens (including phenoxy) is 1. The summed E-state index contributed by atoms with van der Waals surface area (Å²) in [6.45, 7) is 1.94. The van der Waals surface area contributed by atoms with Gasteiger partial charge >= 0.3 is 5.91 Å². The van der Waals surface area contributed by atoms with Gasteiger partial charge in [-0.2, -0.15) is 0 Å². The summed E-state index contributed by atoms with van der Waals surface area (Å²) in [6, 6.07) is 9.86. The van der Waals surface area contributed by atoms with Crippen LogP contribution >= 0.6 is 11.3 Å². The van der Waals surface area contributed by atoms with E-state index in [0.717, 1.165) is 27.5 Å². The number of nitrogens with zero attached hydrogens (tertiary/aromatic N) is 2. The van der Waals surface area contributed by atoms with Crippen LogP contribution in [-0.2, 0) is 16.0 Å². The van der Waals surface area contributed by atoms with Gasteiger partial charge in [-0.15, -0.1) is 11.3 Å². The molecule has 1 amide bonds. The van der Waals surface area contributed by atoms with Crippen LogP contribution in [0.5, 0.6) is 5.75 Å². The van der Waals surface area contributed by atoms with Crippen LogP contribution in [0.15, 0.2) is 59.6 Å². The van der Waals surface area contributed by atoms with E-state index in [-0.39, 0.29) is 28.1 Å². The van der Waals surface area contributed by atoms with Gasteiger partial charge in [0.25, 0.3) is 5.78 Å². The molecule has 0 saturated carbocycles. The Hall–Kier alpha value is -3.52. The Morgan fingerprint density at radius 2 is 2.06 bits per heavy atom. The number of anilines is 1. The second kappa shape index (κ2) is 7.31. The molecule has 1 N–H and O–H groups in total. The van der Waals surface area contributed by atoms with Crippen LogP contribution in [0.2, 0.25) is 0 Å². The number of ketones is 1. The lowest BCUT2D eigenvalue weighted by atomic mass is 9.94. The Balaban J connectivity index is 1.70. The number of carbonyl (C=O) groups is 2. The molecule has 2 aliphatic rings. The van der Waals surface area contributed by atoms with Crippen LogP contribution in [0.1, 0.15) is 29.7 Å². The molecule has 31 heavy (non-hydrogen) atoms. The van der Waals surface area contributed by atoms with Crippen molar-refractivity contribution in [1.29, 1.82) is 0 Å². The van der Waals surface area contributed by atoms with Crippen molar-refractivity contribution >= 4 is 33.9 Å². The highest BCUT2D eigenvalue weighted by molar-refractivity contribution is 7.14. The summed E-state index contributed by atoms with van der Waals surface area (Å²) in [5.41, 5.74) is 1.21. The number of fused-ring (bicyclic) bond motifs is 1. The number of benzene rings is 2. The number of Topliss-reactive ketones (excluding diaryl/α,β-unsaturated/α-hetero) is 1. The lowest BCUT2D eigenvalue weighted by Gasteiger charge is -2.23. The van der Waals surface area contributed by atoms with E-state index in [2.05, 4.69) is 4.98 Å². The second-order valence-electron chi connectivity index (χ2n) is 7.46. The van der Waals surface area contributed by atoms with E-state index in [1.165, 1.54) is 24.4 Å². The quantitative estimate of drug-likeness (QED) is 0.378. The van der Waals surface area contributed by atoms with E-state index in [0.29, 0.717) is 12.0 Å². The number of aromatic nitrogens is 1. The fourth-order valence-corrected chi connectivity index (χ4v) is 4.75. The van der Waals surface area contributed by atoms with Crippen LogP contribution in [0.3, 0.4) is 0 Å². The summed E-state index contributed by atoms with van der Waals surface area (Å²) in [4.78, 5) is 31.2. The molecule has 156 valence electrons. The fraction of sp³-hybridized carbons (Fsp3) is 0.174. The summed E-state index contributed by atoms with van der Waals surface area (Å²) < 4.78 is 20.5. The van der Waals surface area contributed by atoms with Gasteiger partial charge in [-0.1, -0.05) is 18.2 Å². The number of carbonyl (C=O) groups excluding carboxylic acids is 2. The molecule has 0 radical (unpaired) electrons. The van der Waals surface area contributed by atoms with Crippen LogP contribution in [0, 0.1) is 5.82 Å². The lowest BCUT2D eigenvalue weighted by molar-refractivity contribution is -0.132. The van der Waals surface area contributed by atoms with Crippen molar-refractivity contribution in [3.8, 4) is 5.75 Å². The molecule has 0 bridgehead atoms. The third-order valence-corrected chi connectivity index (χ3v) is 6.21. The van der Waals surface area contributed by atoms with Crippen molar-refractivity contribution in [1.82, 2.24) is 4.98 Å². The molecule has 6 nitrogen and oxygen atoms in total. The number of aliphatic hydroxyl groups excluding tert-OH is 1. The number of rotatable bonds is 3. The highest BCUT2D eigenvalue weighted by Gasteiger charge is 2.48. The molecule has 2 aliphatic heterocycles. The summed E-state index contributed by atoms with van der Waals surface area (Å²) in [7, 11) is 0. The molecule has 0 spiro atoms. The number of halogens is 1.